The van der Waals surface area contributed by atoms with Crippen LogP contribution in [0.1, 0.15) is 59.3 Å². The van der Waals surface area contributed by atoms with E-state index in [1.165, 1.54) is 19.3 Å². The minimum absolute atomic E-state index is 0.00227. The van der Waals surface area contributed by atoms with Crippen molar-refractivity contribution < 1.29 is 9.53 Å². The maximum absolute atomic E-state index is 11.5. The molecular formula is C13H24O2. The molecule has 1 fully saturated rings. The predicted molar refractivity (Wildman–Crippen MR) is 61.6 cm³/mol. The van der Waals surface area contributed by atoms with Crippen LogP contribution in [0.5, 0.6) is 0 Å². The highest BCUT2D eigenvalue weighted by Crippen LogP contribution is 2.26. The van der Waals surface area contributed by atoms with Crippen LogP contribution in [0.25, 0.3) is 0 Å². The first-order valence-corrected chi connectivity index (χ1v) is 6.29. The molecule has 1 saturated carbocycles. The van der Waals surface area contributed by atoms with Gasteiger partial charge in [-0.3, -0.25) is 4.79 Å². The molecule has 0 radical (unpaired) electrons. The third-order valence-corrected chi connectivity index (χ3v) is 3.24. The molecule has 0 saturated heterocycles. The highest BCUT2D eigenvalue weighted by molar-refractivity contribution is 5.69. The van der Waals surface area contributed by atoms with Gasteiger partial charge in [0.15, 0.2) is 0 Å². The predicted octanol–water partition coefficient (Wildman–Crippen LogP) is 3.54. The number of hydrogen-bond acceptors (Lipinski definition) is 2. The Bertz CT molecular complexity index is 199. The summed E-state index contributed by atoms with van der Waals surface area (Å²) < 4.78 is 5.52. The number of carbonyl (C=O) groups excluding carboxylic acids is 1. The molecule has 0 aliphatic heterocycles. The molecule has 2 heteroatoms. The molecule has 0 spiro atoms. The molecule has 0 aromatic heterocycles. The Hall–Kier alpha value is -0.530. The molecular weight excluding hydrogens is 188 g/mol. The summed E-state index contributed by atoms with van der Waals surface area (Å²) in [5, 5.41) is 0. The van der Waals surface area contributed by atoms with Crippen molar-refractivity contribution in [3.8, 4) is 0 Å². The molecule has 2 nitrogen and oxygen atoms in total. The van der Waals surface area contributed by atoms with Crippen molar-refractivity contribution in [2.24, 2.45) is 11.8 Å². The fourth-order valence-electron chi connectivity index (χ4n) is 2.09. The van der Waals surface area contributed by atoms with Crippen molar-refractivity contribution in [2.45, 2.75) is 65.4 Å². The van der Waals surface area contributed by atoms with Gasteiger partial charge in [-0.15, -0.1) is 0 Å². The summed E-state index contributed by atoms with van der Waals surface area (Å²) in [5.41, 5.74) is 0. The van der Waals surface area contributed by atoms with E-state index >= 15 is 0 Å². The smallest absolute Gasteiger partial charge is 0.306 e. The molecule has 88 valence electrons. The molecule has 2 unspecified atom stereocenters. The number of hydrogen-bond donors (Lipinski definition) is 0. The topological polar surface area (TPSA) is 26.3 Å². The lowest BCUT2D eigenvalue weighted by Gasteiger charge is -2.28. The van der Waals surface area contributed by atoms with Crippen molar-refractivity contribution >= 4 is 5.97 Å². The molecule has 0 aromatic carbocycles. The van der Waals surface area contributed by atoms with Gasteiger partial charge in [0.1, 0.15) is 6.10 Å². The van der Waals surface area contributed by atoms with E-state index < -0.39 is 0 Å². The van der Waals surface area contributed by atoms with Gasteiger partial charge in [0, 0.05) is 6.42 Å². The van der Waals surface area contributed by atoms with Crippen LogP contribution in [0.2, 0.25) is 0 Å². The summed E-state index contributed by atoms with van der Waals surface area (Å²) in [6.07, 6.45) is 6.50. The van der Waals surface area contributed by atoms with Crippen LogP contribution in [-0.4, -0.2) is 12.1 Å². The monoisotopic (exact) mass is 212 g/mol. The molecule has 0 aromatic rings. The van der Waals surface area contributed by atoms with Crippen molar-refractivity contribution in [2.75, 3.05) is 0 Å². The zero-order chi connectivity index (χ0) is 11.3. The molecule has 1 rings (SSSR count). The van der Waals surface area contributed by atoms with Crippen LogP contribution >= 0.6 is 0 Å². The largest absolute Gasteiger partial charge is 0.462 e. The molecule has 0 amide bonds. The summed E-state index contributed by atoms with van der Waals surface area (Å²) in [4.78, 5) is 11.5. The molecule has 2 atom stereocenters. The van der Waals surface area contributed by atoms with Crippen LogP contribution < -0.4 is 0 Å². The Morgan fingerprint density at radius 2 is 2.00 bits per heavy atom. The third kappa shape index (κ3) is 4.67. The van der Waals surface area contributed by atoms with Crippen molar-refractivity contribution in [3.05, 3.63) is 0 Å². The maximum atomic E-state index is 11.5. The highest BCUT2D eigenvalue weighted by atomic mass is 16.5. The van der Waals surface area contributed by atoms with E-state index in [1.807, 2.05) is 0 Å². The SMILES string of the molecule is CC(C)CCC(=O)OC1CCCCC1C. The van der Waals surface area contributed by atoms with E-state index in [2.05, 4.69) is 20.8 Å². The van der Waals surface area contributed by atoms with Crippen LogP contribution in [0.3, 0.4) is 0 Å². The van der Waals surface area contributed by atoms with E-state index in [0.717, 1.165) is 12.8 Å². The number of rotatable bonds is 4. The van der Waals surface area contributed by atoms with Crippen LogP contribution in [0.15, 0.2) is 0 Å². The first-order valence-electron chi connectivity index (χ1n) is 6.29. The maximum Gasteiger partial charge on any atom is 0.306 e. The Labute approximate surface area is 93.4 Å². The Morgan fingerprint density at radius 3 is 2.60 bits per heavy atom. The van der Waals surface area contributed by atoms with Gasteiger partial charge in [-0.25, -0.2) is 0 Å². The summed E-state index contributed by atoms with van der Waals surface area (Å²) in [5.74, 6) is 1.14. The molecule has 0 heterocycles. The van der Waals surface area contributed by atoms with E-state index in [4.69, 9.17) is 4.74 Å². The van der Waals surface area contributed by atoms with E-state index in [9.17, 15) is 4.79 Å². The fourth-order valence-corrected chi connectivity index (χ4v) is 2.09. The van der Waals surface area contributed by atoms with Crippen molar-refractivity contribution in [1.29, 1.82) is 0 Å². The third-order valence-electron chi connectivity index (χ3n) is 3.24. The van der Waals surface area contributed by atoms with Gasteiger partial charge < -0.3 is 4.74 Å². The molecule has 0 bridgehead atoms. The average molecular weight is 212 g/mol. The van der Waals surface area contributed by atoms with Crippen molar-refractivity contribution in [1.82, 2.24) is 0 Å². The number of esters is 1. The number of ether oxygens (including phenoxy) is 1. The van der Waals surface area contributed by atoms with Gasteiger partial charge in [0.2, 0.25) is 0 Å². The fraction of sp³-hybridized carbons (Fsp3) is 0.923. The van der Waals surface area contributed by atoms with Crippen molar-refractivity contribution in [3.63, 3.8) is 0 Å². The second-order valence-electron chi connectivity index (χ2n) is 5.22. The van der Waals surface area contributed by atoms with E-state index in [1.54, 1.807) is 0 Å². The summed E-state index contributed by atoms with van der Waals surface area (Å²) >= 11 is 0. The zero-order valence-corrected chi connectivity index (χ0v) is 10.3. The second-order valence-corrected chi connectivity index (χ2v) is 5.22. The van der Waals surface area contributed by atoms with E-state index in [0.29, 0.717) is 18.3 Å². The van der Waals surface area contributed by atoms with Crippen LogP contribution in [-0.2, 0) is 9.53 Å². The quantitative estimate of drug-likeness (QED) is 0.666. The van der Waals surface area contributed by atoms with E-state index in [-0.39, 0.29) is 12.1 Å². The lowest BCUT2D eigenvalue weighted by atomic mass is 9.88. The van der Waals surface area contributed by atoms with Gasteiger partial charge in [-0.2, -0.15) is 0 Å². The Balaban J connectivity index is 2.24. The van der Waals surface area contributed by atoms with Gasteiger partial charge >= 0.3 is 5.97 Å². The summed E-state index contributed by atoms with van der Waals surface area (Å²) in [6, 6.07) is 0. The van der Waals surface area contributed by atoms with Gasteiger partial charge in [-0.1, -0.05) is 27.2 Å². The highest BCUT2D eigenvalue weighted by Gasteiger charge is 2.24. The average Bonchev–Trinajstić information content (AvgIpc) is 2.18. The second kappa shape index (κ2) is 6.14. The lowest BCUT2D eigenvalue weighted by molar-refractivity contribution is -0.153. The molecule has 15 heavy (non-hydrogen) atoms. The first-order chi connectivity index (χ1) is 7.09. The standard InChI is InChI=1S/C13H24O2/c1-10(2)8-9-13(14)15-12-7-5-4-6-11(12)3/h10-12H,4-9H2,1-3H3. The molecule has 0 N–H and O–H groups in total. The zero-order valence-electron chi connectivity index (χ0n) is 10.3. The lowest BCUT2D eigenvalue weighted by Crippen LogP contribution is -2.28. The first kappa shape index (κ1) is 12.5. The Kier molecular flexibility index (Phi) is 5.13. The minimum atomic E-state index is 0.00227. The summed E-state index contributed by atoms with van der Waals surface area (Å²) in [7, 11) is 0. The van der Waals surface area contributed by atoms with Gasteiger partial charge in [-0.05, 0) is 37.5 Å². The van der Waals surface area contributed by atoms with Gasteiger partial charge in [0.25, 0.3) is 0 Å². The van der Waals surface area contributed by atoms with Gasteiger partial charge in [0.05, 0.1) is 0 Å². The summed E-state index contributed by atoms with van der Waals surface area (Å²) in [6.45, 7) is 6.46. The van der Waals surface area contributed by atoms with Crippen LogP contribution in [0.4, 0.5) is 0 Å². The Morgan fingerprint density at radius 1 is 1.33 bits per heavy atom. The normalized spacial score (nSPS) is 26.7. The van der Waals surface area contributed by atoms with Crippen LogP contribution in [0, 0.1) is 11.8 Å². The molecule has 1 aliphatic carbocycles. The number of carbonyl (C=O) groups is 1. The minimum Gasteiger partial charge on any atom is -0.462 e. The molecule has 1 aliphatic rings.